The third kappa shape index (κ3) is 3.49. The second-order valence-corrected chi connectivity index (χ2v) is 5.12. The summed E-state index contributed by atoms with van der Waals surface area (Å²) in [7, 11) is 1.58. The van der Waals surface area contributed by atoms with Crippen molar-refractivity contribution in [2.75, 3.05) is 7.11 Å². The number of ether oxygens (including phenoxy) is 2. The van der Waals surface area contributed by atoms with E-state index < -0.39 is 0 Å². The van der Waals surface area contributed by atoms with Crippen molar-refractivity contribution in [1.29, 1.82) is 0 Å². The number of halogens is 2. The third-order valence-corrected chi connectivity index (χ3v) is 3.39. The lowest BCUT2D eigenvalue weighted by molar-refractivity contribution is 0.294. The summed E-state index contributed by atoms with van der Waals surface area (Å²) in [6.07, 6.45) is 0. The van der Waals surface area contributed by atoms with Crippen LogP contribution < -0.4 is 15.2 Å². The zero-order valence-corrected chi connectivity index (χ0v) is 12.6. The van der Waals surface area contributed by atoms with Crippen LogP contribution in [0.3, 0.4) is 0 Å². The lowest BCUT2D eigenvalue weighted by Crippen LogP contribution is -2.04. The van der Waals surface area contributed by atoms with Gasteiger partial charge in [-0.1, -0.05) is 28.1 Å². The minimum Gasteiger partial charge on any atom is -0.497 e. The normalized spacial score (nSPS) is 10.4. The molecule has 20 heavy (non-hydrogen) atoms. The summed E-state index contributed by atoms with van der Waals surface area (Å²) in [6.45, 7) is 0.488. The first kappa shape index (κ1) is 14.8. The lowest BCUT2D eigenvalue weighted by Gasteiger charge is -2.12. The molecule has 5 heteroatoms. The minimum atomic E-state index is -0.309. The molecule has 0 aliphatic carbocycles. The quantitative estimate of drug-likeness (QED) is 0.904. The number of hydrogen-bond donors (Lipinski definition) is 1. The highest BCUT2D eigenvalue weighted by molar-refractivity contribution is 9.10. The Morgan fingerprint density at radius 2 is 1.90 bits per heavy atom. The molecule has 0 spiro atoms. The maximum absolute atomic E-state index is 13.7. The Bertz CT molecular complexity index is 604. The van der Waals surface area contributed by atoms with Crippen molar-refractivity contribution in [2.24, 2.45) is 5.73 Å². The molecule has 0 saturated heterocycles. The van der Waals surface area contributed by atoms with Crippen molar-refractivity contribution < 1.29 is 13.9 Å². The van der Waals surface area contributed by atoms with Crippen LogP contribution in [0.4, 0.5) is 4.39 Å². The van der Waals surface area contributed by atoms with Gasteiger partial charge in [-0.3, -0.25) is 0 Å². The van der Waals surface area contributed by atoms with Crippen LogP contribution in [0.25, 0.3) is 0 Å². The molecule has 2 N–H and O–H groups in total. The molecule has 0 heterocycles. The molecule has 0 atom stereocenters. The van der Waals surface area contributed by atoms with Crippen LogP contribution in [-0.2, 0) is 13.2 Å². The third-order valence-electron chi connectivity index (χ3n) is 2.89. The van der Waals surface area contributed by atoms with E-state index in [0.717, 1.165) is 5.56 Å². The SMILES string of the molecule is COc1ccc(CN)c(OCc2ccc(Br)cc2F)c1. The number of methoxy groups -OCH3 is 1. The number of benzene rings is 2. The highest BCUT2D eigenvalue weighted by Crippen LogP contribution is 2.26. The van der Waals surface area contributed by atoms with Crippen molar-refractivity contribution in [3.05, 3.63) is 57.8 Å². The fourth-order valence-electron chi connectivity index (χ4n) is 1.76. The van der Waals surface area contributed by atoms with Gasteiger partial charge in [-0.2, -0.15) is 0 Å². The second kappa shape index (κ2) is 6.72. The van der Waals surface area contributed by atoms with E-state index >= 15 is 0 Å². The van der Waals surface area contributed by atoms with E-state index in [1.54, 1.807) is 25.3 Å². The monoisotopic (exact) mass is 339 g/mol. The number of hydrogen-bond acceptors (Lipinski definition) is 3. The van der Waals surface area contributed by atoms with E-state index in [1.807, 2.05) is 12.1 Å². The van der Waals surface area contributed by atoms with E-state index in [4.69, 9.17) is 15.2 Å². The maximum Gasteiger partial charge on any atom is 0.130 e. The van der Waals surface area contributed by atoms with Gasteiger partial charge in [-0.15, -0.1) is 0 Å². The summed E-state index contributed by atoms with van der Waals surface area (Å²) in [6, 6.07) is 10.3. The minimum absolute atomic E-state index is 0.138. The van der Waals surface area contributed by atoms with Crippen LogP contribution >= 0.6 is 15.9 Å². The van der Waals surface area contributed by atoms with Gasteiger partial charge >= 0.3 is 0 Å². The number of rotatable bonds is 5. The highest BCUT2D eigenvalue weighted by atomic mass is 79.9. The fraction of sp³-hybridized carbons (Fsp3) is 0.200. The van der Waals surface area contributed by atoms with Crippen LogP contribution in [0.5, 0.6) is 11.5 Å². The molecule has 106 valence electrons. The van der Waals surface area contributed by atoms with Gasteiger partial charge in [0.15, 0.2) is 0 Å². The first-order chi connectivity index (χ1) is 9.63. The van der Waals surface area contributed by atoms with Gasteiger partial charge in [0, 0.05) is 28.2 Å². The molecule has 2 aromatic rings. The second-order valence-electron chi connectivity index (χ2n) is 4.20. The van der Waals surface area contributed by atoms with Crippen LogP contribution in [0.2, 0.25) is 0 Å². The molecule has 0 aliphatic heterocycles. The molecule has 0 amide bonds. The largest absolute Gasteiger partial charge is 0.497 e. The summed E-state index contributed by atoms with van der Waals surface area (Å²) >= 11 is 3.22. The smallest absolute Gasteiger partial charge is 0.130 e. The Labute approximate surface area is 125 Å². The van der Waals surface area contributed by atoms with E-state index in [0.29, 0.717) is 28.1 Å². The standard InChI is InChI=1S/C15H15BrFNO2/c1-19-13-5-3-10(8-18)15(7-13)20-9-11-2-4-12(16)6-14(11)17/h2-7H,8-9,18H2,1H3. The van der Waals surface area contributed by atoms with Gasteiger partial charge in [0.05, 0.1) is 7.11 Å². The summed E-state index contributed by atoms with van der Waals surface area (Å²) < 4.78 is 25.2. The molecule has 0 unspecified atom stereocenters. The van der Waals surface area contributed by atoms with Gasteiger partial charge in [0.2, 0.25) is 0 Å². The fourth-order valence-corrected chi connectivity index (χ4v) is 2.09. The molecule has 2 rings (SSSR count). The summed E-state index contributed by atoms with van der Waals surface area (Å²) in [4.78, 5) is 0. The summed E-state index contributed by atoms with van der Waals surface area (Å²) in [5, 5.41) is 0. The molecule has 0 saturated carbocycles. The Morgan fingerprint density at radius 1 is 1.15 bits per heavy atom. The summed E-state index contributed by atoms with van der Waals surface area (Å²) in [5.74, 6) is 0.971. The van der Waals surface area contributed by atoms with Crippen molar-refractivity contribution in [3.63, 3.8) is 0 Å². The molecular formula is C15H15BrFNO2. The van der Waals surface area contributed by atoms with Gasteiger partial charge in [0.1, 0.15) is 23.9 Å². The van der Waals surface area contributed by atoms with Crippen LogP contribution in [0, 0.1) is 5.82 Å². The maximum atomic E-state index is 13.7. The zero-order valence-electron chi connectivity index (χ0n) is 11.0. The zero-order chi connectivity index (χ0) is 14.5. The Kier molecular flexibility index (Phi) is 4.98. The lowest BCUT2D eigenvalue weighted by atomic mass is 10.2. The van der Waals surface area contributed by atoms with Gasteiger partial charge in [-0.05, 0) is 18.2 Å². The average Bonchev–Trinajstić information content (AvgIpc) is 2.46. The Hall–Kier alpha value is -1.59. The van der Waals surface area contributed by atoms with Crippen molar-refractivity contribution in [2.45, 2.75) is 13.2 Å². The first-order valence-electron chi connectivity index (χ1n) is 6.07. The van der Waals surface area contributed by atoms with Gasteiger partial charge in [-0.25, -0.2) is 4.39 Å². The first-order valence-corrected chi connectivity index (χ1v) is 6.87. The molecular weight excluding hydrogens is 325 g/mol. The van der Waals surface area contributed by atoms with Crippen molar-refractivity contribution in [3.8, 4) is 11.5 Å². The van der Waals surface area contributed by atoms with E-state index in [2.05, 4.69) is 15.9 Å². The molecule has 0 aromatic heterocycles. The van der Waals surface area contributed by atoms with Crippen molar-refractivity contribution in [1.82, 2.24) is 0 Å². The van der Waals surface area contributed by atoms with Crippen LogP contribution in [0.15, 0.2) is 40.9 Å². The topological polar surface area (TPSA) is 44.5 Å². The molecule has 0 radical (unpaired) electrons. The molecule has 0 fully saturated rings. The predicted octanol–water partition coefficient (Wildman–Crippen LogP) is 3.63. The average molecular weight is 340 g/mol. The van der Waals surface area contributed by atoms with Gasteiger partial charge in [0.25, 0.3) is 0 Å². The van der Waals surface area contributed by atoms with Crippen molar-refractivity contribution >= 4 is 15.9 Å². The molecule has 0 aliphatic rings. The van der Waals surface area contributed by atoms with Gasteiger partial charge < -0.3 is 15.2 Å². The summed E-state index contributed by atoms with van der Waals surface area (Å²) in [5.41, 5.74) is 7.00. The highest BCUT2D eigenvalue weighted by Gasteiger charge is 2.08. The Balaban J connectivity index is 2.17. The Morgan fingerprint density at radius 3 is 2.55 bits per heavy atom. The van der Waals surface area contributed by atoms with E-state index in [1.165, 1.54) is 6.07 Å². The molecule has 2 aromatic carbocycles. The predicted molar refractivity (Wildman–Crippen MR) is 79.3 cm³/mol. The number of nitrogens with two attached hydrogens (primary N) is 1. The molecule has 0 bridgehead atoms. The van der Waals surface area contributed by atoms with E-state index in [-0.39, 0.29) is 12.4 Å². The van der Waals surface area contributed by atoms with E-state index in [9.17, 15) is 4.39 Å². The molecule has 3 nitrogen and oxygen atoms in total. The van der Waals surface area contributed by atoms with Crippen LogP contribution in [-0.4, -0.2) is 7.11 Å². The van der Waals surface area contributed by atoms with Crippen LogP contribution in [0.1, 0.15) is 11.1 Å².